The van der Waals surface area contributed by atoms with Crippen molar-refractivity contribution >= 4 is 23.2 Å². The van der Waals surface area contributed by atoms with Crippen LogP contribution in [0.1, 0.15) is 6.92 Å². The van der Waals surface area contributed by atoms with Gasteiger partial charge < -0.3 is 11.1 Å². The predicted octanol–water partition coefficient (Wildman–Crippen LogP) is 2.70. The van der Waals surface area contributed by atoms with Crippen molar-refractivity contribution in [1.82, 2.24) is 0 Å². The van der Waals surface area contributed by atoms with Crippen LogP contribution in [0.2, 0.25) is 5.02 Å². The second-order valence-corrected chi connectivity index (χ2v) is 4.19. The van der Waals surface area contributed by atoms with Gasteiger partial charge in [0.15, 0.2) is 5.54 Å². The molecule has 1 aromatic carbocycles. The summed E-state index contributed by atoms with van der Waals surface area (Å²) >= 11 is 5.39. The van der Waals surface area contributed by atoms with Crippen molar-refractivity contribution in [3.63, 3.8) is 0 Å². The molecule has 1 atom stereocenters. The lowest BCUT2D eigenvalue weighted by Crippen LogP contribution is -2.59. The van der Waals surface area contributed by atoms with Gasteiger partial charge in [-0.1, -0.05) is 11.6 Å². The van der Waals surface area contributed by atoms with Crippen LogP contribution in [0.3, 0.4) is 0 Å². The molecule has 1 unspecified atom stereocenters. The van der Waals surface area contributed by atoms with E-state index < -0.39 is 23.4 Å². The van der Waals surface area contributed by atoms with Gasteiger partial charge in [-0.25, -0.2) is 4.39 Å². The van der Waals surface area contributed by atoms with E-state index in [1.165, 1.54) is 0 Å². The van der Waals surface area contributed by atoms with Gasteiger partial charge in [0.2, 0.25) is 0 Å². The second-order valence-electron chi connectivity index (χ2n) is 3.78. The Morgan fingerprint density at radius 2 is 1.94 bits per heavy atom. The van der Waals surface area contributed by atoms with Crippen molar-refractivity contribution in [3.8, 4) is 0 Å². The Labute approximate surface area is 105 Å². The van der Waals surface area contributed by atoms with E-state index in [2.05, 4.69) is 0 Å². The molecular formula is C10H9ClF4N2O. The third-order valence-corrected chi connectivity index (χ3v) is 2.54. The van der Waals surface area contributed by atoms with Gasteiger partial charge in [-0.3, -0.25) is 4.79 Å². The summed E-state index contributed by atoms with van der Waals surface area (Å²) in [7, 11) is 0. The molecule has 0 radical (unpaired) electrons. The number of amides is 1. The summed E-state index contributed by atoms with van der Waals surface area (Å²) in [4.78, 5) is 11.4. The van der Waals surface area contributed by atoms with Crippen LogP contribution in [0.25, 0.3) is 0 Å². The lowest BCUT2D eigenvalue weighted by Gasteiger charge is -2.26. The molecule has 0 saturated carbocycles. The molecule has 0 bridgehead atoms. The first-order chi connectivity index (χ1) is 8.05. The quantitative estimate of drug-likeness (QED) is 0.821. The van der Waals surface area contributed by atoms with Crippen LogP contribution in [-0.4, -0.2) is 17.6 Å². The highest BCUT2D eigenvalue weighted by atomic mass is 35.5. The molecule has 0 spiro atoms. The van der Waals surface area contributed by atoms with Gasteiger partial charge in [0.25, 0.3) is 5.91 Å². The van der Waals surface area contributed by atoms with E-state index in [-0.39, 0.29) is 10.7 Å². The number of halogens is 5. The Morgan fingerprint density at radius 3 is 2.39 bits per heavy atom. The molecule has 0 aliphatic rings. The molecule has 1 rings (SSSR count). The fourth-order valence-corrected chi connectivity index (χ4v) is 1.08. The number of benzene rings is 1. The Hall–Kier alpha value is -1.34. The average molecular weight is 285 g/mol. The Balaban J connectivity index is 2.91. The third kappa shape index (κ3) is 2.91. The van der Waals surface area contributed by atoms with Gasteiger partial charge in [-0.15, -0.1) is 0 Å². The lowest BCUT2D eigenvalue weighted by molar-refractivity contribution is -0.184. The first-order valence-electron chi connectivity index (χ1n) is 4.68. The summed E-state index contributed by atoms with van der Waals surface area (Å²) in [6.07, 6.45) is -4.91. The van der Waals surface area contributed by atoms with Gasteiger partial charge in [0.05, 0.1) is 5.02 Å². The highest BCUT2D eigenvalue weighted by Crippen LogP contribution is 2.29. The predicted molar refractivity (Wildman–Crippen MR) is 58.7 cm³/mol. The molecule has 0 aliphatic carbocycles. The zero-order chi connectivity index (χ0) is 14.1. The molecule has 0 aliphatic heterocycles. The number of carbonyl (C=O) groups excluding carboxylic acids is 1. The van der Waals surface area contributed by atoms with E-state index in [1.54, 1.807) is 0 Å². The highest BCUT2D eigenvalue weighted by Gasteiger charge is 2.53. The monoisotopic (exact) mass is 284 g/mol. The van der Waals surface area contributed by atoms with Crippen LogP contribution in [0, 0.1) is 5.82 Å². The topological polar surface area (TPSA) is 55.1 Å². The summed E-state index contributed by atoms with van der Waals surface area (Å²) < 4.78 is 50.4. The molecule has 0 saturated heterocycles. The van der Waals surface area contributed by atoms with E-state index in [0.717, 1.165) is 18.2 Å². The summed E-state index contributed by atoms with van der Waals surface area (Å²) in [5.74, 6) is -2.35. The van der Waals surface area contributed by atoms with Crippen LogP contribution in [-0.2, 0) is 4.79 Å². The van der Waals surface area contributed by atoms with Crippen LogP contribution in [0.4, 0.5) is 23.2 Å². The maximum absolute atomic E-state index is 13.0. The maximum Gasteiger partial charge on any atom is 0.415 e. The zero-order valence-corrected chi connectivity index (χ0v) is 9.86. The molecule has 1 amide bonds. The number of hydrogen-bond donors (Lipinski definition) is 2. The van der Waals surface area contributed by atoms with E-state index in [1.807, 2.05) is 5.32 Å². The molecule has 0 aromatic heterocycles. The Kier molecular flexibility index (Phi) is 3.87. The molecular weight excluding hydrogens is 276 g/mol. The van der Waals surface area contributed by atoms with Gasteiger partial charge in [0, 0.05) is 5.69 Å². The fourth-order valence-electron chi connectivity index (χ4n) is 0.964. The fraction of sp³-hybridized carbons (Fsp3) is 0.300. The summed E-state index contributed by atoms with van der Waals surface area (Å²) in [5.41, 5.74) is 1.67. The van der Waals surface area contributed by atoms with Crippen molar-refractivity contribution in [2.75, 3.05) is 5.32 Å². The number of anilines is 1. The molecule has 100 valence electrons. The van der Waals surface area contributed by atoms with Crippen LogP contribution in [0.15, 0.2) is 18.2 Å². The number of nitrogens with one attached hydrogen (secondary N) is 1. The van der Waals surface area contributed by atoms with Gasteiger partial charge in [-0.2, -0.15) is 13.2 Å². The molecule has 3 N–H and O–H groups in total. The van der Waals surface area contributed by atoms with Crippen LogP contribution < -0.4 is 11.1 Å². The van der Waals surface area contributed by atoms with Gasteiger partial charge in [0.1, 0.15) is 5.82 Å². The van der Waals surface area contributed by atoms with Crippen molar-refractivity contribution in [2.24, 2.45) is 5.73 Å². The number of alkyl halides is 3. The minimum Gasteiger partial charge on any atom is -0.324 e. The normalized spacial score (nSPS) is 15.1. The average Bonchev–Trinajstić information content (AvgIpc) is 2.21. The van der Waals surface area contributed by atoms with Gasteiger partial charge >= 0.3 is 6.18 Å². The number of rotatable bonds is 2. The number of nitrogens with two attached hydrogens (primary N) is 1. The van der Waals surface area contributed by atoms with Crippen molar-refractivity contribution in [1.29, 1.82) is 0 Å². The zero-order valence-electron chi connectivity index (χ0n) is 9.11. The SMILES string of the molecule is CC(N)(C(=O)Nc1ccc(Cl)c(F)c1)C(F)(F)F. The van der Waals surface area contributed by atoms with E-state index in [9.17, 15) is 22.4 Å². The summed E-state index contributed by atoms with van der Waals surface area (Å²) in [6, 6.07) is 3.07. The third-order valence-electron chi connectivity index (χ3n) is 2.24. The van der Waals surface area contributed by atoms with E-state index in [0.29, 0.717) is 6.92 Å². The first-order valence-corrected chi connectivity index (χ1v) is 5.05. The summed E-state index contributed by atoms with van der Waals surface area (Å²) in [6.45, 7) is 0.522. The molecule has 0 heterocycles. The van der Waals surface area contributed by atoms with Gasteiger partial charge in [-0.05, 0) is 25.1 Å². The lowest BCUT2D eigenvalue weighted by atomic mass is 10.0. The molecule has 18 heavy (non-hydrogen) atoms. The smallest absolute Gasteiger partial charge is 0.324 e. The largest absolute Gasteiger partial charge is 0.415 e. The molecule has 3 nitrogen and oxygen atoms in total. The number of carbonyl (C=O) groups is 1. The Bertz CT molecular complexity index is 473. The molecule has 0 fully saturated rings. The second kappa shape index (κ2) is 4.74. The maximum atomic E-state index is 13.0. The van der Waals surface area contributed by atoms with E-state index >= 15 is 0 Å². The molecule has 1 aromatic rings. The minimum atomic E-state index is -4.91. The number of hydrogen-bond acceptors (Lipinski definition) is 2. The highest BCUT2D eigenvalue weighted by molar-refractivity contribution is 6.30. The molecule has 8 heteroatoms. The van der Waals surface area contributed by atoms with Crippen LogP contribution >= 0.6 is 11.6 Å². The van der Waals surface area contributed by atoms with Crippen molar-refractivity contribution in [2.45, 2.75) is 18.6 Å². The Morgan fingerprint density at radius 1 is 1.39 bits per heavy atom. The minimum absolute atomic E-state index is 0.164. The summed E-state index contributed by atoms with van der Waals surface area (Å²) in [5, 5.41) is 1.67. The standard InChI is InChI=1S/C10H9ClF4N2O/c1-9(16,10(13,14)15)8(18)17-5-2-3-6(11)7(12)4-5/h2-4H,16H2,1H3,(H,17,18). The van der Waals surface area contributed by atoms with Crippen molar-refractivity contribution < 1.29 is 22.4 Å². The van der Waals surface area contributed by atoms with Crippen molar-refractivity contribution in [3.05, 3.63) is 29.0 Å². The van der Waals surface area contributed by atoms with Crippen LogP contribution in [0.5, 0.6) is 0 Å². The van der Waals surface area contributed by atoms with E-state index in [4.69, 9.17) is 17.3 Å². The first kappa shape index (κ1) is 14.7.